The Hall–Kier alpha value is -1.23. The van der Waals surface area contributed by atoms with E-state index in [9.17, 15) is 5.11 Å². The summed E-state index contributed by atoms with van der Waals surface area (Å²) in [5.74, 6) is 0.227. The third-order valence-corrected chi connectivity index (χ3v) is 3.90. The molecule has 0 atom stereocenters. The SMILES string of the molecule is COCc1c(Br)cccc1NCc1cc(Cl)ccc1O. The lowest BCUT2D eigenvalue weighted by molar-refractivity contribution is 0.185. The molecule has 106 valence electrons. The first kappa shape index (κ1) is 15.2. The summed E-state index contributed by atoms with van der Waals surface area (Å²) in [6.45, 7) is 0.991. The molecule has 0 aliphatic carbocycles. The van der Waals surface area contributed by atoms with Gasteiger partial charge in [-0.15, -0.1) is 0 Å². The summed E-state index contributed by atoms with van der Waals surface area (Å²) in [6, 6.07) is 10.9. The minimum atomic E-state index is 0.227. The third kappa shape index (κ3) is 3.66. The van der Waals surface area contributed by atoms with Crippen LogP contribution in [0.3, 0.4) is 0 Å². The average molecular weight is 357 g/mol. The number of ether oxygens (including phenoxy) is 1. The molecule has 0 saturated carbocycles. The maximum atomic E-state index is 9.81. The van der Waals surface area contributed by atoms with Crippen LogP contribution in [0.5, 0.6) is 5.75 Å². The third-order valence-electron chi connectivity index (χ3n) is 2.92. The summed E-state index contributed by atoms with van der Waals surface area (Å²) in [5, 5.41) is 13.7. The van der Waals surface area contributed by atoms with Crippen molar-refractivity contribution in [1.82, 2.24) is 0 Å². The summed E-state index contributed by atoms with van der Waals surface area (Å²) < 4.78 is 6.19. The predicted octanol–water partition coefficient (Wildman–Crippen LogP) is 4.57. The van der Waals surface area contributed by atoms with Crippen molar-refractivity contribution in [1.29, 1.82) is 0 Å². The van der Waals surface area contributed by atoms with Crippen molar-refractivity contribution in [2.45, 2.75) is 13.2 Å². The number of nitrogens with one attached hydrogen (secondary N) is 1. The number of methoxy groups -OCH3 is 1. The standard InChI is InChI=1S/C15H15BrClNO2/c1-20-9-12-13(16)3-2-4-14(12)18-8-10-7-11(17)5-6-15(10)19/h2-7,18-19H,8-9H2,1H3. The van der Waals surface area contributed by atoms with Crippen molar-refractivity contribution in [3.05, 3.63) is 57.0 Å². The van der Waals surface area contributed by atoms with Crippen LogP contribution in [-0.2, 0) is 17.9 Å². The van der Waals surface area contributed by atoms with E-state index in [4.69, 9.17) is 16.3 Å². The summed E-state index contributed by atoms with van der Waals surface area (Å²) in [6.07, 6.45) is 0. The normalized spacial score (nSPS) is 10.6. The number of hydrogen-bond donors (Lipinski definition) is 2. The van der Waals surface area contributed by atoms with Gasteiger partial charge in [0.15, 0.2) is 0 Å². The van der Waals surface area contributed by atoms with Gasteiger partial charge in [-0.3, -0.25) is 0 Å². The van der Waals surface area contributed by atoms with Crippen LogP contribution < -0.4 is 5.32 Å². The molecule has 20 heavy (non-hydrogen) atoms. The molecule has 0 spiro atoms. The number of aromatic hydroxyl groups is 1. The van der Waals surface area contributed by atoms with Crippen LogP contribution in [0.1, 0.15) is 11.1 Å². The second-order valence-corrected chi connectivity index (χ2v) is 5.62. The van der Waals surface area contributed by atoms with Gasteiger partial charge in [0.25, 0.3) is 0 Å². The molecule has 0 radical (unpaired) electrons. The Bertz CT molecular complexity index is 604. The highest BCUT2D eigenvalue weighted by Gasteiger charge is 2.08. The van der Waals surface area contributed by atoms with E-state index in [1.165, 1.54) is 0 Å². The van der Waals surface area contributed by atoms with E-state index in [-0.39, 0.29) is 5.75 Å². The summed E-state index contributed by atoms with van der Waals surface area (Å²) >= 11 is 9.45. The topological polar surface area (TPSA) is 41.5 Å². The van der Waals surface area contributed by atoms with Crippen molar-refractivity contribution in [3.8, 4) is 5.75 Å². The number of hydrogen-bond acceptors (Lipinski definition) is 3. The number of halogens is 2. The van der Waals surface area contributed by atoms with Crippen LogP contribution in [0.25, 0.3) is 0 Å². The quantitative estimate of drug-likeness (QED) is 0.825. The molecule has 0 bridgehead atoms. The molecule has 0 saturated heterocycles. The lowest BCUT2D eigenvalue weighted by atomic mass is 10.1. The van der Waals surface area contributed by atoms with Crippen molar-refractivity contribution in [2.75, 3.05) is 12.4 Å². The largest absolute Gasteiger partial charge is 0.508 e. The summed E-state index contributed by atoms with van der Waals surface area (Å²) in [5.41, 5.74) is 2.75. The molecule has 0 aromatic heterocycles. The predicted molar refractivity (Wildman–Crippen MR) is 85.3 cm³/mol. The van der Waals surface area contributed by atoms with Gasteiger partial charge >= 0.3 is 0 Å². The van der Waals surface area contributed by atoms with E-state index < -0.39 is 0 Å². The monoisotopic (exact) mass is 355 g/mol. The average Bonchev–Trinajstić information content (AvgIpc) is 2.43. The van der Waals surface area contributed by atoms with Crippen molar-refractivity contribution in [2.24, 2.45) is 0 Å². The van der Waals surface area contributed by atoms with Crippen molar-refractivity contribution in [3.63, 3.8) is 0 Å². The maximum absolute atomic E-state index is 9.81. The van der Waals surface area contributed by atoms with Crippen LogP contribution in [0.15, 0.2) is 40.9 Å². The van der Waals surface area contributed by atoms with Gasteiger partial charge in [-0.1, -0.05) is 33.6 Å². The van der Waals surface area contributed by atoms with Crippen molar-refractivity contribution >= 4 is 33.2 Å². The zero-order valence-corrected chi connectivity index (χ0v) is 13.3. The Labute approximate surface area is 131 Å². The smallest absolute Gasteiger partial charge is 0.120 e. The maximum Gasteiger partial charge on any atom is 0.120 e. The summed E-state index contributed by atoms with van der Waals surface area (Å²) in [7, 11) is 1.66. The zero-order valence-electron chi connectivity index (χ0n) is 11.0. The van der Waals surface area contributed by atoms with E-state index in [0.717, 1.165) is 21.3 Å². The second kappa shape index (κ2) is 6.97. The van der Waals surface area contributed by atoms with Gasteiger partial charge in [0.05, 0.1) is 6.61 Å². The minimum absolute atomic E-state index is 0.227. The van der Waals surface area contributed by atoms with Crippen LogP contribution in [0.2, 0.25) is 5.02 Å². The highest BCUT2D eigenvalue weighted by molar-refractivity contribution is 9.10. The van der Waals surface area contributed by atoms with Crippen LogP contribution in [-0.4, -0.2) is 12.2 Å². The first-order chi connectivity index (χ1) is 9.61. The lowest BCUT2D eigenvalue weighted by Gasteiger charge is -2.14. The fourth-order valence-electron chi connectivity index (χ4n) is 1.90. The molecule has 0 amide bonds. The van der Waals surface area contributed by atoms with Gasteiger partial charge in [0.1, 0.15) is 5.75 Å². The van der Waals surface area contributed by atoms with Gasteiger partial charge < -0.3 is 15.2 Å². The molecular weight excluding hydrogens is 342 g/mol. The molecule has 0 heterocycles. The minimum Gasteiger partial charge on any atom is -0.508 e. The van der Waals surface area contributed by atoms with Gasteiger partial charge in [-0.2, -0.15) is 0 Å². The Morgan fingerprint density at radius 1 is 1.30 bits per heavy atom. The van der Waals surface area contributed by atoms with Crippen LogP contribution in [0.4, 0.5) is 5.69 Å². The molecule has 3 nitrogen and oxygen atoms in total. The number of anilines is 1. The molecule has 0 unspecified atom stereocenters. The molecule has 5 heteroatoms. The van der Waals surface area contributed by atoms with Gasteiger partial charge in [-0.25, -0.2) is 0 Å². The van der Waals surface area contributed by atoms with Crippen LogP contribution >= 0.6 is 27.5 Å². The molecule has 0 fully saturated rings. The Kier molecular flexibility index (Phi) is 5.29. The first-order valence-corrected chi connectivity index (χ1v) is 7.26. The summed E-state index contributed by atoms with van der Waals surface area (Å²) in [4.78, 5) is 0. The number of benzene rings is 2. The molecule has 2 aromatic carbocycles. The zero-order chi connectivity index (χ0) is 14.5. The number of rotatable bonds is 5. The number of phenols is 1. The Morgan fingerprint density at radius 2 is 2.10 bits per heavy atom. The fraction of sp³-hybridized carbons (Fsp3) is 0.200. The van der Waals surface area contributed by atoms with Crippen LogP contribution in [0, 0.1) is 0 Å². The van der Waals surface area contributed by atoms with Crippen molar-refractivity contribution < 1.29 is 9.84 Å². The van der Waals surface area contributed by atoms with E-state index in [1.54, 1.807) is 25.3 Å². The van der Waals surface area contributed by atoms with Gasteiger partial charge in [-0.05, 0) is 30.3 Å². The number of phenolic OH excluding ortho intramolecular Hbond substituents is 1. The van der Waals surface area contributed by atoms with E-state index in [2.05, 4.69) is 21.2 Å². The highest BCUT2D eigenvalue weighted by atomic mass is 79.9. The first-order valence-electron chi connectivity index (χ1n) is 6.09. The van der Waals surface area contributed by atoms with E-state index in [0.29, 0.717) is 18.2 Å². The molecular formula is C15H15BrClNO2. The highest BCUT2D eigenvalue weighted by Crippen LogP contribution is 2.27. The van der Waals surface area contributed by atoms with Gasteiger partial charge in [0.2, 0.25) is 0 Å². The molecule has 2 aromatic rings. The molecule has 2 N–H and O–H groups in total. The molecule has 0 aliphatic rings. The lowest BCUT2D eigenvalue weighted by Crippen LogP contribution is -2.04. The van der Waals surface area contributed by atoms with Gasteiger partial charge in [0, 0.05) is 40.0 Å². The van der Waals surface area contributed by atoms with E-state index >= 15 is 0 Å². The fourth-order valence-corrected chi connectivity index (χ4v) is 2.58. The molecule has 2 rings (SSSR count). The Balaban J connectivity index is 2.18. The Morgan fingerprint density at radius 3 is 2.85 bits per heavy atom. The molecule has 0 aliphatic heterocycles. The van der Waals surface area contributed by atoms with E-state index in [1.807, 2.05) is 18.2 Å². The second-order valence-electron chi connectivity index (χ2n) is 4.33.